The molecule has 124 valence electrons. The lowest BCUT2D eigenvalue weighted by atomic mass is 10.1. The highest BCUT2D eigenvalue weighted by Crippen LogP contribution is 2.23. The SMILES string of the molecule is C#C[Si](C)(C)C.C[Si](C)(C)C#Cc1cccc(C2OCCO2)c1. The van der Waals surface area contributed by atoms with Crippen LogP contribution in [0, 0.1) is 23.4 Å². The molecule has 0 bridgehead atoms. The van der Waals surface area contributed by atoms with Crippen molar-refractivity contribution in [2.75, 3.05) is 13.2 Å². The molecule has 1 saturated heterocycles. The lowest BCUT2D eigenvalue weighted by Gasteiger charge is -2.09. The second kappa shape index (κ2) is 8.52. The number of benzene rings is 1. The Bertz CT molecular complexity index is 601. The third-order valence-electron chi connectivity index (χ3n) is 2.80. The molecule has 1 aromatic rings. The first kappa shape index (κ1) is 19.7. The van der Waals surface area contributed by atoms with Gasteiger partial charge in [0, 0.05) is 11.1 Å². The first-order valence-electron chi connectivity index (χ1n) is 7.95. The van der Waals surface area contributed by atoms with Gasteiger partial charge in [-0.3, -0.25) is 0 Å². The second-order valence-electron chi connectivity index (χ2n) is 7.59. The fraction of sp³-hybridized carbons (Fsp3) is 0.474. The van der Waals surface area contributed by atoms with Crippen molar-refractivity contribution in [3.05, 3.63) is 35.4 Å². The van der Waals surface area contributed by atoms with Crippen LogP contribution < -0.4 is 0 Å². The van der Waals surface area contributed by atoms with Crippen molar-refractivity contribution < 1.29 is 9.47 Å². The van der Waals surface area contributed by atoms with Gasteiger partial charge in [-0.25, -0.2) is 0 Å². The highest BCUT2D eigenvalue weighted by molar-refractivity contribution is 6.84. The number of terminal acetylenes is 1. The van der Waals surface area contributed by atoms with Gasteiger partial charge >= 0.3 is 0 Å². The van der Waals surface area contributed by atoms with Crippen LogP contribution in [-0.2, 0) is 9.47 Å². The Morgan fingerprint density at radius 1 is 1.00 bits per heavy atom. The van der Waals surface area contributed by atoms with Crippen LogP contribution in [0.1, 0.15) is 17.4 Å². The van der Waals surface area contributed by atoms with Gasteiger partial charge in [-0.15, -0.1) is 17.5 Å². The van der Waals surface area contributed by atoms with Crippen LogP contribution in [0.3, 0.4) is 0 Å². The molecule has 0 radical (unpaired) electrons. The van der Waals surface area contributed by atoms with E-state index in [1.54, 1.807) is 0 Å². The summed E-state index contributed by atoms with van der Waals surface area (Å²) in [6, 6.07) is 8.12. The van der Waals surface area contributed by atoms with E-state index < -0.39 is 16.1 Å². The maximum Gasteiger partial charge on any atom is 0.184 e. The van der Waals surface area contributed by atoms with Gasteiger partial charge in [0.05, 0.1) is 13.2 Å². The van der Waals surface area contributed by atoms with E-state index in [4.69, 9.17) is 15.9 Å². The lowest BCUT2D eigenvalue weighted by Crippen LogP contribution is -2.16. The van der Waals surface area contributed by atoms with E-state index in [9.17, 15) is 0 Å². The Kier molecular flexibility index (Phi) is 7.31. The molecule has 1 aromatic carbocycles. The summed E-state index contributed by atoms with van der Waals surface area (Å²) < 4.78 is 11.0. The van der Waals surface area contributed by atoms with Crippen LogP contribution in [0.4, 0.5) is 0 Å². The average Bonchev–Trinajstić information content (AvgIpc) is 2.99. The molecule has 1 fully saturated rings. The second-order valence-corrected chi connectivity index (χ2v) is 17.1. The van der Waals surface area contributed by atoms with Crippen molar-refractivity contribution in [3.63, 3.8) is 0 Å². The fourth-order valence-electron chi connectivity index (χ4n) is 1.57. The molecule has 2 rings (SSSR count). The van der Waals surface area contributed by atoms with Gasteiger partial charge in [-0.05, 0) is 12.1 Å². The quantitative estimate of drug-likeness (QED) is 0.553. The van der Waals surface area contributed by atoms with Crippen LogP contribution in [0.5, 0.6) is 0 Å². The topological polar surface area (TPSA) is 18.5 Å². The Balaban J connectivity index is 0.000000379. The normalized spacial score (nSPS) is 15.0. The molecule has 1 heterocycles. The van der Waals surface area contributed by atoms with Gasteiger partial charge in [0.15, 0.2) is 6.29 Å². The van der Waals surface area contributed by atoms with Crippen molar-refractivity contribution in [1.29, 1.82) is 0 Å². The molecular formula is C19H28O2Si2. The van der Waals surface area contributed by atoms with Gasteiger partial charge in [-0.2, -0.15) is 0 Å². The third-order valence-corrected chi connectivity index (χ3v) is 4.54. The standard InChI is InChI=1S/C14H18O2Si.C5H10Si/c1-17(2,3)10-7-12-5-4-6-13(11-12)14-15-8-9-16-14;1-5-6(2,3)4/h4-6,11,14H,8-9H2,1-3H3;1H,2-4H3. The predicted molar refractivity (Wildman–Crippen MR) is 103 cm³/mol. The molecule has 1 aliphatic heterocycles. The van der Waals surface area contributed by atoms with E-state index >= 15 is 0 Å². The highest BCUT2D eigenvalue weighted by atomic mass is 28.3. The van der Waals surface area contributed by atoms with Crippen LogP contribution >= 0.6 is 0 Å². The first-order chi connectivity index (χ1) is 10.6. The van der Waals surface area contributed by atoms with Crippen LogP contribution in [0.25, 0.3) is 0 Å². The van der Waals surface area contributed by atoms with E-state index in [0.717, 1.165) is 11.1 Å². The van der Waals surface area contributed by atoms with Crippen molar-refractivity contribution in [3.8, 4) is 23.4 Å². The monoisotopic (exact) mass is 344 g/mol. The number of hydrogen-bond donors (Lipinski definition) is 0. The predicted octanol–water partition coefficient (Wildman–Crippen LogP) is 4.46. The van der Waals surface area contributed by atoms with Gasteiger partial charge in [-0.1, -0.05) is 57.3 Å². The molecule has 0 N–H and O–H groups in total. The van der Waals surface area contributed by atoms with Gasteiger partial charge in [0.1, 0.15) is 16.1 Å². The summed E-state index contributed by atoms with van der Waals surface area (Å²) in [5.41, 5.74) is 8.21. The molecule has 4 heteroatoms. The van der Waals surface area contributed by atoms with Gasteiger partial charge in [0.2, 0.25) is 0 Å². The first-order valence-corrected chi connectivity index (χ1v) is 14.9. The summed E-state index contributed by atoms with van der Waals surface area (Å²) in [5, 5.41) is 0. The Morgan fingerprint density at radius 2 is 1.57 bits per heavy atom. The summed E-state index contributed by atoms with van der Waals surface area (Å²) in [6.07, 6.45) is 4.91. The molecule has 0 amide bonds. The third kappa shape index (κ3) is 8.78. The molecule has 2 nitrogen and oxygen atoms in total. The van der Waals surface area contributed by atoms with Gasteiger partial charge in [0.25, 0.3) is 0 Å². The van der Waals surface area contributed by atoms with Crippen LogP contribution in [0.15, 0.2) is 24.3 Å². The molecule has 1 aliphatic rings. The lowest BCUT2D eigenvalue weighted by molar-refractivity contribution is -0.0441. The molecule has 0 unspecified atom stereocenters. The van der Waals surface area contributed by atoms with Gasteiger partial charge < -0.3 is 9.47 Å². The smallest absolute Gasteiger partial charge is 0.184 e. The molecule has 0 spiro atoms. The zero-order valence-electron chi connectivity index (χ0n) is 15.2. The zero-order valence-corrected chi connectivity index (χ0v) is 17.2. The largest absolute Gasteiger partial charge is 0.346 e. The molecular weight excluding hydrogens is 316 g/mol. The van der Waals surface area contributed by atoms with E-state index in [1.165, 1.54) is 0 Å². The molecule has 0 aromatic heterocycles. The summed E-state index contributed by atoms with van der Waals surface area (Å²) in [5.74, 6) is 3.25. The zero-order chi connectivity index (χ0) is 17.5. The van der Waals surface area contributed by atoms with Crippen molar-refractivity contribution in [2.45, 2.75) is 45.6 Å². The number of hydrogen-bond acceptors (Lipinski definition) is 2. The molecule has 0 saturated carbocycles. The summed E-state index contributed by atoms with van der Waals surface area (Å²) >= 11 is 0. The maximum absolute atomic E-state index is 5.48. The fourth-order valence-corrected chi connectivity index (χ4v) is 2.09. The summed E-state index contributed by atoms with van der Waals surface area (Å²) in [4.78, 5) is 0. The minimum absolute atomic E-state index is 0.205. The average molecular weight is 345 g/mol. The Labute approximate surface area is 143 Å². The van der Waals surface area contributed by atoms with Crippen molar-refractivity contribution in [1.82, 2.24) is 0 Å². The summed E-state index contributed by atoms with van der Waals surface area (Å²) in [6.45, 7) is 14.5. The molecule has 23 heavy (non-hydrogen) atoms. The highest BCUT2D eigenvalue weighted by Gasteiger charge is 2.18. The molecule has 0 aliphatic carbocycles. The van der Waals surface area contributed by atoms with Crippen LogP contribution in [-0.4, -0.2) is 29.4 Å². The number of rotatable bonds is 1. The maximum atomic E-state index is 5.48. The van der Waals surface area contributed by atoms with E-state index in [2.05, 4.69) is 62.4 Å². The van der Waals surface area contributed by atoms with Crippen molar-refractivity contribution in [2.24, 2.45) is 0 Å². The van der Waals surface area contributed by atoms with Crippen molar-refractivity contribution >= 4 is 16.1 Å². The number of ether oxygens (including phenoxy) is 2. The van der Waals surface area contributed by atoms with E-state index in [-0.39, 0.29) is 6.29 Å². The van der Waals surface area contributed by atoms with Crippen LogP contribution in [0.2, 0.25) is 39.3 Å². The Morgan fingerprint density at radius 3 is 2.04 bits per heavy atom. The van der Waals surface area contributed by atoms with E-state index in [1.807, 2.05) is 18.2 Å². The Hall–Kier alpha value is -1.31. The van der Waals surface area contributed by atoms with E-state index in [0.29, 0.717) is 13.2 Å². The molecule has 0 atom stereocenters. The minimum atomic E-state index is -1.31. The summed E-state index contributed by atoms with van der Waals surface area (Å²) in [7, 11) is -2.42. The minimum Gasteiger partial charge on any atom is -0.346 e.